The number of ketones is 1. The van der Waals surface area contributed by atoms with Gasteiger partial charge in [0, 0.05) is 35.5 Å². The Kier molecular flexibility index (Phi) is 7.08. The molecule has 0 radical (unpaired) electrons. The highest BCUT2D eigenvalue weighted by molar-refractivity contribution is 7.70. The maximum Gasteiger partial charge on any atom is 0.228 e. The van der Waals surface area contributed by atoms with E-state index in [4.69, 9.17) is 4.74 Å². The zero-order valence-corrected chi connectivity index (χ0v) is 21.3. The zero-order chi connectivity index (χ0) is 25.2. The topological polar surface area (TPSA) is 97.4 Å². The molecule has 8 heteroatoms. The van der Waals surface area contributed by atoms with Crippen LogP contribution < -0.4 is 20.7 Å². The standard InChI is InChI=1S/C27H30N3O4P/c1-5-23(31)20-16-28-25(30-27(32)17-13-14-17)15-22(20)29-21-11-8-10-19(26(21)34-2)18-9-6-7-12-24(18)35(3,4)33/h6-12,15-17H,5,13-14H2,1-4H3,(H2,28,29,30,32). The van der Waals surface area contributed by atoms with Crippen LogP contribution in [0.2, 0.25) is 0 Å². The molecule has 3 aromatic rings. The Labute approximate surface area is 205 Å². The largest absolute Gasteiger partial charge is 0.494 e. The average molecular weight is 492 g/mol. The van der Waals surface area contributed by atoms with Crippen LogP contribution in [-0.2, 0) is 9.36 Å². The predicted octanol–water partition coefficient (Wildman–Crippen LogP) is 5.69. The Bertz CT molecular complexity index is 1330. The van der Waals surface area contributed by atoms with Crippen molar-refractivity contribution in [2.24, 2.45) is 5.92 Å². The molecule has 0 unspecified atom stereocenters. The van der Waals surface area contributed by atoms with Gasteiger partial charge in [-0.1, -0.05) is 43.3 Å². The molecule has 0 bridgehead atoms. The van der Waals surface area contributed by atoms with Gasteiger partial charge in [0.15, 0.2) is 5.78 Å². The van der Waals surface area contributed by atoms with Gasteiger partial charge in [0.2, 0.25) is 5.91 Å². The third kappa shape index (κ3) is 5.46. The number of rotatable bonds is 9. The van der Waals surface area contributed by atoms with Crippen molar-refractivity contribution in [3.8, 4) is 16.9 Å². The highest BCUT2D eigenvalue weighted by Gasteiger charge is 2.30. The Balaban J connectivity index is 1.77. The summed E-state index contributed by atoms with van der Waals surface area (Å²) in [6, 6.07) is 14.9. The summed E-state index contributed by atoms with van der Waals surface area (Å²) in [4.78, 5) is 29.2. The number of hydrogen-bond acceptors (Lipinski definition) is 6. The minimum absolute atomic E-state index is 0.0371. The molecular formula is C27H30N3O4P. The number of amides is 1. The molecule has 35 heavy (non-hydrogen) atoms. The SMILES string of the molecule is CCC(=O)c1cnc(NC(=O)C2CC2)cc1Nc1cccc(-c2ccccc2P(C)(C)=O)c1OC. The highest BCUT2D eigenvalue weighted by Crippen LogP contribution is 2.43. The molecule has 1 amide bonds. The summed E-state index contributed by atoms with van der Waals surface area (Å²) in [5, 5.41) is 6.94. The number of carbonyl (C=O) groups is 2. The van der Waals surface area contributed by atoms with Crippen molar-refractivity contribution in [3.63, 3.8) is 0 Å². The first-order valence-corrected chi connectivity index (χ1v) is 14.3. The fraction of sp³-hybridized carbons (Fsp3) is 0.296. The summed E-state index contributed by atoms with van der Waals surface area (Å²) in [6.07, 6.45) is 3.58. The van der Waals surface area contributed by atoms with Gasteiger partial charge < -0.3 is 19.9 Å². The lowest BCUT2D eigenvalue weighted by Crippen LogP contribution is -2.15. The monoisotopic (exact) mass is 491 g/mol. The van der Waals surface area contributed by atoms with Gasteiger partial charge in [0.1, 0.15) is 18.7 Å². The maximum absolute atomic E-state index is 13.0. The number of pyridine rings is 1. The van der Waals surface area contributed by atoms with Gasteiger partial charge >= 0.3 is 0 Å². The second-order valence-electron chi connectivity index (χ2n) is 9.03. The molecular weight excluding hydrogens is 461 g/mol. The van der Waals surface area contributed by atoms with Crippen LogP contribution in [0.25, 0.3) is 11.1 Å². The average Bonchev–Trinajstić information content (AvgIpc) is 3.69. The number of aromatic nitrogens is 1. The van der Waals surface area contributed by atoms with E-state index in [1.165, 1.54) is 6.20 Å². The van der Waals surface area contributed by atoms with Gasteiger partial charge in [-0.3, -0.25) is 9.59 Å². The Morgan fingerprint density at radius 2 is 1.77 bits per heavy atom. The van der Waals surface area contributed by atoms with Crippen molar-refractivity contribution in [2.75, 3.05) is 31.1 Å². The first kappa shape index (κ1) is 24.7. The van der Waals surface area contributed by atoms with Crippen molar-refractivity contribution in [2.45, 2.75) is 26.2 Å². The number of para-hydroxylation sites is 1. The lowest BCUT2D eigenvalue weighted by Gasteiger charge is -2.20. The molecule has 1 aliphatic rings. The third-order valence-electron chi connectivity index (χ3n) is 5.99. The molecule has 1 fully saturated rings. The molecule has 7 nitrogen and oxygen atoms in total. The minimum Gasteiger partial charge on any atom is -0.494 e. The van der Waals surface area contributed by atoms with Crippen LogP contribution in [0.5, 0.6) is 5.75 Å². The molecule has 0 atom stereocenters. The molecule has 2 aromatic carbocycles. The fourth-order valence-corrected chi connectivity index (χ4v) is 5.22. The number of carbonyl (C=O) groups excluding carboxylic acids is 2. The highest BCUT2D eigenvalue weighted by atomic mass is 31.2. The predicted molar refractivity (Wildman–Crippen MR) is 141 cm³/mol. The van der Waals surface area contributed by atoms with Crippen molar-refractivity contribution >= 4 is 41.3 Å². The molecule has 182 valence electrons. The maximum atomic E-state index is 13.0. The molecule has 0 saturated heterocycles. The fourth-order valence-electron chi connectivity index (χ4n) is 4.00. The van der Waals surface area contributed by atoms with E-state index < -0.39 is 7.14 Å². The Morgan fingerprint density at radius 3 is 2.43 bits per heavy atom. The summed E-state index contributed by atoms with van der Waals surface area (Å²) in [5.74, 6) is 0.852. The van der Waals surface area contributed by atoms with Crippen molar-refractivity contribution in [1.82, 2.24) is 4.98 Å². The lowest BCUT2D eigenvalue weighted by molar-refractivity contribution is -0.117. The summed E-state index contributed by atoms with van der Waals surface area (Å²) >= 11 is 0. The van der Waals surface area contributed by atoms with Crippen LogP contribution in [0.3, 0.4) is 0 Å². The Hall–Kier alpha value is -3.44. The third-order valence-corrected chi connectivity index (χ3v) is 7.54. The number of anilines is 3. The lowest BCUT2D eigenvalue weighted by atomic mass is 10.0. The quantitative estimate of drug-likeness (QED) is 0.295. The van der Waals surface area contributed by atoms with Crippen LogP contribution in [0.15, 0.2) is 54.7 Å². The molecule has 0 spiro atoms. The number of ether oxygens (including phenoxy) is 1. The van der Waals surface area contributed by atoms with Gasteiger partial charge in [-0.25, -0.2) is 4.98 Å². The normalized spacial score (nSPS) is 13.3. The van der Waals surface area contributed by atoms with Crippen LogP contribution >= 0.6 is 7.14 Å². The van der Waals surface area contributed by atoms with E-state index in [1.807, 2.05) is 42.5 Å². The first-order chi connectivity index (χ1) is 16.7. The van der Waals surface area contributed by atoms with E-state index in [2.05, 4.69) is 15.6 Å². The van der Waals surface area contributed by atoms with Gasteiger partial charge in [0.25, 0.3) is 0 Å². The molecule has 0 aliphatic heterocycles. The second kappa shape index (κ2) is 10.0. The summed E-state index contributed by atoms with van der Waals surface area (Å²) in [6.45, 7) is 5.29. The summed E-state index contributed by atoms with van der Waals surface area (Å²) < 4.78 is 18.8. The van der Waals surface area contributed by atoms with Crippen molar-refractivity contribution in [3.05, 3.63) is 60.3 Å². The van der Waals surface area contributed by atoms with E-state index in [0.29, 0.717) is 34.9 Å². The Morgan fingerprint density at radius 1 is 1.06 bits per heavy atom. The molecule has 1 aromatic heterocycles. The van der Waals surface area contributed by atoms with Gasteiger partial charge in [-0.05, 0) is 37.8 Å². The van der Waals surface area contributed by atoms with Crippen molar-refractivity contribution < 1.29 is 18.9 Å². The number of nitrogens with one attached hydrogen (secondary N) is 2. The van der Waals surface area contributed by atoms with Crippen LogP contribution in [0.1, 0.15) is 36.5 Å². The van der Waals surface area contributed by atoms with Crippen LogP contribution in [-0.4, -0.2) is 37.1 Å². The van der Waals surface area contributed by atoms with Gasteiger partial charge in [0.05, 0.1) is 24.0 Å². The van der Waals surface area contributed by atoms with Gasteiger partial charge in [-0.15, -0.1) is 0 Å². The molecule has 1 saturated carbocycles. The van der Waals surface area contributed by atoms with E-state index in [9.17, 15) is 14.2 Å². The number of Topliss-reactive ketones (excluding diaryl/α,β-unsaturated/α-hetero) is 1. The molecule has 1 heterocycles. The van der Waals surface area contributed by atoms with Crippen LogP contribution in [0, 0.1) is 5.92 Å². The zero-order valence-electron chi connectivity index (χ0n) is 20.4. The van der Waals surface area contributed by atoms with Crippen molar-refractivity contribution in [1.29, 1.82) is 0 Å². The van der Waals surface area contributed by atoms with E-state index in [0.717, 1.165) is 29.3 Å². The smallest absolute Gasteiger partial charge is 0.228 e. The molecule has 1 aliphatic carbocycles. The summed E-state index contributed by atoms with van der Waals surface area (Å²) in [5.41, 5.74) is 3.21. The summed E-state index contributed by atoms with van der Waals surface area (Å²) in [7, 11) is -0.971. The van der Waals surface area contributed by atoms with E-state index in [1.54, 1.807) is 33.4 Å². The van der Waals surface area contributed by atoms with E-state index >= 15 is 0 Å². The number of benzene rings is 2. The van der Waals surface area contributed by atoms with Crippen LogP contribution in [0.4, 0.5) is 17.2 Å². The number of hydrogen-bond donors (Lipinski definition) is 2. The minimum atomic E-state index is -2.55. The molecule has 2 N–H and O–H groups in total. The second-order valence-corrected chi connectivity index (χ2v) is 12.2. The first-order valence-electron chi connectivity index (χ1n) is 11.7. The number of nitrogens with zero attached hydrogens (tertiary/aromatic N) is 1. The van der Waals surface area contributed by atoms with E-state index in [-0.39, 0.29) is 17.6 Å². The van der Waals surface area contributed by atoms with Gasteiger partial charge in [-0.2, -0.15) is 0 Å². The number of methoxy groups -OCH3 is 1. The molecule has 4 rings (SSSR count).